The molecular weight excluding hydrogens is 522 g/mol. The molecule has 0 aliphatic carbocycles. The Bertz CT molecular complexity index is 1570. The molecule has 4 aliphatic heterocycles. The molecule has 4 heterocycles. The van der Waals surface area contributed by atoms with Gasteiger partial charge in [-0.05, 0) is 60.4 Å². The molecule has 198 valence electrons. The number of rotatable bonds is 4. The molecule has 0 saturated carbocycles. The Kier molecular flexibility index (Phi) is 5.20. The summed E-state index contributed by atoms with van der Waals surface area (Å²) in [6.07, 6.45) is 0.384. The lowest BCUT2D eigenvalue weighted by atomic mass is 9.76. The van der Waals surface area contributed by atoms with Crippen molar-refractivity contribution >= 4 is 35.0 Å². The summed E-state index contributed by atoms with van der Waals surface area (Å²) < 4.78 is 10.9. The zero-order chi connectivity index (χ0) is 27.1. The number of amides is 3. The molecule has 0 aromatic heterocycles. The number of hydrogen-bond acceptors (Lipinski definition) is 7. The lowest BCUT2D eigenvalue weighted by molar-refractivity contribution is -0.143. The summed E-state index contributed by atoms with van der Waals surface area (Å²) in [7, 11) is 0. The molecule has 3 aromatic rings. The summed E-state index contributed by atoms with van der Waals surface area (Å²) in [6.45, 7) is 1.99. The topological polar surface area (TPSA) is 117 Å². The molecule has 39 heavy (non-hydrogen) atoms. The fourth-order valence-electron chi connectivity index (χ4n) is 6.49. The minimum absolute atomic E-state index is 0.0530. The van der Waals surface area contributed by atoms with Crippen LogP contribution >= 0.6 is 11.6 Å². The number of fused-ring (bicyclic) bond motifs is 5. The van der Waals surface area contributed by atoms with Gasteiger partial charge in [-0.3, -0.25) is 24.6 Å². The van der Waals surface area contributed by atoms with E-state index in [2.05, 4.69) is 10.6 Å². The van der Waals surface area contributed by atoms with Crippen LogP contribution in [-0.2, 0) is 32.9 Å². The molecule has 10 heteroatoms. The SMILES string of the molecule is Cc1c(Cl)ccc2c1NC(=O)[C@]21N[C@@H](Cc2ccc(O)cc2)[C@H]2C(=O)N(Cc3ccc4c(c3)OCO4)C(=O)[C@@H]21. The van der Waals surface area contributed by atoms with E-state index in [0.29, 0.717) is 39.8 Å². The van der Waals surface area contributed by atoms with Crippen molar-refractivity contribution in [1.82, 2.24) is 10.2 Å². The van der Waals surface area contributed by atoms with Crippen LogP contribution in [-0.4, -0.2) is 40.6 Å². The van der Waals surface area contributed by atoms with Crippen LogP contribution in [0, 0.1) is 18.8 Å². The number of imide groups is 1. The van der Waals surface area contributed by atoms with Gasteiger partial charge in [0, 0.05) is 16.6 Å². The van der Waals surface area contributed by atoms with Crippen molar-refractivity contribution < 1.29 is 29.0 Å². The van der Waals surface area contributed by atoms with E-state index in [9.17, 15) is 19.5 Å². The fourth-order valence-corrected chi connectivity index (χ4v) is 6.65. The largest absolute Gasteiger partial charge is 0.508 e. The van der Waals surface area contributed by atoms with Crippen molar-refractivity contribution in [3.8, 4) is 17.2 Å². The zero-order valence-corrected chi connectivity index (χ0v) is 21.6. The number of hydrogen-bond donors (Lipinski definition) is 3. The van der Waals surface area contributed by atoms with Crippen molar-refractivity contribution in [2.45, 2.75) is 31.5 Å². The maximum Gasteiger partial charge on any atom is 0.250 e. The minimum Gasteiger partial charge on any atom is -0.508 e. The van der Waals surface area contributed by atoms with Gasteiger partial charge in [0.2, 0.25) is 24.5 Å². The number of phenolic OH excluding ortho intramolecular Hbond substituents is 1. The summed E-state index contributed by atoms with van der Waals surface area (Å²) in [6, 6.07) is 15.0. The molecule has 3 aromatic carbocycles. The Morgan fingerprint density at radius 3 is 2.54 bits per heavy atom. The number of nitrogens with zero attached hydrogens (tertiary/aromatic N) is 1. The highest BCUT2D eigenvalue weighted by atomic mass is 35.5. The summed E-state index contributed by atoms with van der Waals surface area (Å²) in [5.41, 5.74) is 2.04. The molecule has 0 unspecified atom stereocenters. The standard InChI is InChI=1S/C29H24ClN3O6/c1-14-19(30)8-7-18-25(14)31-28(37)29(18)24-23(20(32-29)10-15-2-5-17(34)6-3-15)26(35)33(27(24)36)12-16-4-9-21-22(11-16)39-13-38-21/h2-9,11,20,23-24,32,34H,10,12-13H2,1H3,(H,31,37)/t20-,23+,24+,29-/m0/s1. The molecule has 4 aliphatic rings. The second kappa shape index (κ2) is 8.46. The number of halogens is 1. The van der Waals surface area contributed by atoms with Gasteiger partial charge in [-0.2, -0.15) is 0 Å². The van der Waals surface area contributed by atoms with Crippen LogP contribution in [0.15, 0.2) is 54.6 Å². The Balaban J connectivity index is 1.31. The van der Waals surface area contributed by atoms with E-state index in [1.54, 1.807) is 54.6 Å². The zero-order valence-electron chi connectivity index (χ0n) is 20.9. The lowest BCUT2D eigenvalue weighted by Crippen LogP contribution is -2.53. The fraction of sp³-hybridized carbons (Fsp3) is 0.276. The number of aromatic hydroxyl groups is 1. The summed E-state index contributed by atoms with van der Waals surface area (Å²) >= 11 is 6.36. The van der Waals surface area contributed by atoms with Crippen LogP contribution in [0.2, 0.25) is 5.02 Å². The molecule has 9 nitrogen and oxygen atoms in total. The number of nitrogens with one attached hydrogen (secondary N) is 2. The maximum atomic E-state index is 14.1. The number of phenols is 1. The summed E-state index contributed by atoms with van der Waals surface area (Å²) in [4.78, 5) is 43.1. The number of likely N-dealkylation sites (tertiary alicyclic amines) is 1. The predicted octanol–water partition coefficient (Wildman–Crippen LogP) is 3.25. The van der Waals surface area contributed by atoms with Crippen LogP contribution in [0.1, 0.15) is 22.3 Å². The first-order valence-electron chi connectivity index (χ1n) is 12.7. The van der Waals surface area contributed by atoms with Crippen LogP contribution in [0.25, 0.3) is 0 Å². The Hall–Kier alpha value is -4.08. The van der Waals surface area contributed by atoms with Crippen LogP contribution in [0.5, 0.6) is 17.2 Å². The molecule has 0 radical (unpaired) electrons. The van der Waals surface area contributed by atoms with E-state index in [1.165, 1.54) is 4.90 Å². The first-order valence-corrected chi connectivity index (χ1v) is 13.1. The lowest BCUT2D eigenvalue weighted by Gasteiger charge is -2.29. The van der Waals surface area contributed by atoms with E-state index in [4.69, 9.17) is 21.1 Å². The van der Waals surface area contributed by atoms with E-state index in [0.717, 1.165) is 11.1 Å². The van der Waals surface area contributed by atoms with E-state index in [-0.39, 0.29) is 30.9 Å². The number of carbonyl (C=O) groups excluding carboxylic acids is 3. The van der Waals surface area contributed by atoms with Gasteiger partial charge in [0.05, 0.1) is 24.1 Å². The summed E-state index contributed by atoms with van der Waals surface area (Å²) in [5, 5.41) is 16.6. The highest BCUT2D eigenvalue weighted by Gasteiger charge is 2.70. The van der Waals surface area contributed by atoms with Gasteiger partial charge >= 0.3 is 0 Å². The average Bonchev–Trinajstić information content (AvgIpc) is 3.65. The highest BCUT2D eigenvalue weighted by molar-refractivity contribution is 6.32. The van der Waals surface area contributed by atoms with E-state index in [1.807, 2.05) is 6.92 Å². The van der Waals surface area contributed by atoms with Gasteiger partial charge in [-0.25, -0.2) is 0 Å². The van der Waals surface area contributed by atoms with Crippen molar-refractivity contribution in [1.29, 1.82) is 0 Å². The molecule has 1 spiro atoms. The minimum atomic E-state index is -1.42. The first kappa shape index (κ1) is 24.0. The smallest absolute Gasteiger partial charge is 0.250 e. The average molecular weight is 546 g/mol. The van der Waals surface area contributed by atoms with Crippen molar-refractivity contribution in [2.24, 2.45) is 11.8 Å². The number of anilines is 1. The number of carbonyl (C=O) groups is 3. The third-order valence-corrected chi connectivity index (χ3v) is 8.75. The highest BCUT2D eigenvalue weighted by Crippen LogP contribution is 2.54. The molecule has 3 amide bonds. The molecule has 2 fully saturated rings. The molecule has 0 bridgehead atoms. The molecular formula is C29H24ClN3O6. The van der Waals surface area contributed by atoms with Crippen LogP contribution < -0.4 is 20.1 Å². The van der Waals surface area contributed by atoms with Gasteiger partial charge in [0.1, 0.15) is 11.3 Å². The van der Waals surface area contributed by atoms with E-state index < -0.39 is 29.3 Å². The molecule has 2 saturated heterocycles. The van der Waals surface area contributed by atoms with Crippen molar-refractivity contribution in [2.75, 3.05) is 12.1 Å². The Morgan fingerprint density at radius 2 is 1.74 bits per heavy atom. The van der Waals surface area contributed by atoms with Gasteiger partial charge in [-0.1, -0.05) is 35.9 Å². The normalized spacial score (nSPS) is 26.4. The number of benzene rings is 3. The first-order chi connectivity index (χ1) is 18.8. The van der Waals surface area contributed by atoms with E-state index >= 15 is 0 Å². The van der Waals surface area contributed by atoms with Crippen LogP contribution in [0.4, 0.5) is 5.69 Å². The van der Waals surface area contributed by atoms with Gasteiger partial charge in [0.25, 0.3) is 0 Å². The van der Waals surface area contributed by atoms with Crippen LogP contribution in [0.3, 0.4) is 0 Å². The molecule has 3 N–H and O–H groups in total. The quantitative estimate of drug-likeness (QED) is 0.431. The maximum absolute atomic E-state index is 14.1. The molecule has 7 rings (SSSR count). The monoisotopic (exact) mass is 545 g/mol. The van der Waals surface area contributed by atoms with Gasteiger partial charge < -0.3 is 19.9 Å². The molecule has 4 atom stereocenters. The van der Waals surface area contributed by atoms with Gasteiger partial charge in [0.15, 0.2) is 11.5 Å². The second-order valence-corrected chi connectivity index (χ2v) is 10.8. The van der Waals surface area contributed by atoms with Gasteiger partial charge in [-0.15, -0.1) is 0 Å². The third-order valence-electron chi connectivity index (χ3n) is 8.35. The van der Waals surface area contributed by atoms with Crippen molar-refractivity contribution in [3.05, 3.63) is 81.9 Å². The summed E-state index contributed by atoms with van der Waals surface area (Å²) in [5.74, 6) is -1.52. The Morgan fingerprint density at radius 1 is 1.00 bits per heavy atom. The second-order valence-electron chi connectivity index (χ2n) is 10.4. The Labute approximate surface area is 228 Å². The number of ether oxygens (including phenoxy) is 2. The van der Waals surface area contributed by atoms with Crippen molar-refractivity contribution in [3.63, 3.8) is 0 Å². The predicted molar refractivity (Wildman–Crippen MR) is 140 cm³/mol. The third kappa shape index (κ3) is 3.39.